The van der Waals surface area contributed by atoms with Crippen molar-refractivity contribution in [3.63, 3.8) is 0 Å². The van der Waals surface area contributed by atoms with Crippen LogP contribution < -0.4 is 5.32 Å². The second kappa shape index (κ2) is 6.59. The molecule has 0 aliphatic rings. The second-order valence-corrected chi connectivity index (χ2v) is 4.98. The van der Waals surface area contributed by atoms with Gasteiger partial charge in [-0.05, 0) is 36.6 Å². The number of nitrogens with zero attached hydrogens (tertiary/aromatic N) is 2. The summed E-state index contributed by atoms with van der Waals surface area (Å²) >= 11 is 1.72. The van der Waals surface area contributed by atoms with Crippen LogP contribution >= 0.6 is 24.2 Å². The number of hydrogen-bond donors (Lipinski definition) is 1. The van der Waals surface area contributed by atoms with Crippen molar-refractivity contribution in [2.75, 3.05) is 11.6 Å². The minimum atomic E-state index is 0. The quantitative estimate of drug-likeness (QED) is 0.722. The third-order valence-electron chi connectivity index (χ3n) is 2.88. The molecular formula is C15H14ClN3S. The summed E-state index contributed by atoms with van der Waals surface area (Å²) < 4.78 is 0. The van der Waals surface area contributed by atoms with Crippen molar-refractivity contribution in [2.45, 2.75) is 4.90 Å². The summed E-state index contributed by atoms with van der Waals surface area (Å²) in [7, 11) is 0. The molecule has 0 spiro atoms. The summed E-state index contributed by atoms with van der Waals surface area (Å²) in [5.41, 5.74) is 1.98. The van der Waals surface area contributed by atoms with E-state index in [2.05, 4.69) is 33.7 Å². The van der Waals surface area contributed by atoms with Gasteiger partial charge in [0.05, 0.1) is 5.52 Å². The number of rotatable bonds is 3. The predicted octanol–water partition coefficient (Wildman–Crippen LogP) is 4.52. The number of aromatic nitrogens is 2. The van der Waals surface area contributed by atoms with Crippen molar-refractivity contribution in [1.82, 2.24) is 9.97 Å². The predicted molar refractivity (Wildman–Crippen MR) is 88.3 cm³/mol. The molecule has 3 nitrogen and oxygen atoms in total. The Balaban J connectivity index is 0.00000147. The van der Waals surface area contributed by atoms with E-state index in [4.69, 9.17) is 0 Å². The van der Waals surface area contributed by atoms with Crippen LogP contribution in [0, 0.1) is 0 Å². The lowest BCUT2D eigenvalue weighted by Gasteiger charge is -2.09. The molecule has 0 saturated carbocycles. The van der Waals surface area contributed by atoms with Crippen LogP contribution in [0.5, 0.6) is 0 Å². The highest BCUT2D eigenvalue weighted by atomic mass is 35.5. The fourth-order valence-corrected chi connectivity index (χ4v) is 2.40. The maximum Gasteiger partial charge on any atom is 0.141 e. The molecule has 0 amide bonds. The molecule has 0 bridgehead atoms. The Labute approximate surface area is 128 Å². The van der Waals surface area contributed by atoms with E-state index in [1.54, 1.807) is 18.1 Å². The third kappa shape index (κ3) is 3.03. The van der Waals surface area contributed by atoms with Gasteiger partial charge in [-0.3, -0.25) is 0 Å². The van der Waals surface area contributed by atoms with E-state index in [1.165, 1.54) is 4.90 Å². The number of benzene rings is 2. The van der Waals surface area contributed by atoms with Gasteiger partial charge in [0.25, 0.3) is 0 Å². The van der Waals surface area contributed by atoms with Crippen LogP contribution in [-0.2, 0) is 0 Å². The molecule has 1 heterocycles. The maximum absolute atomic E-state index is 4.33. The highest BCUT2D eigenvalue weighted by molar-refractivity contribution is 7.98. The van der Waals surface area contributed by atoms with Crippen molar-refractivity contribution in [3.05, 3.63) is 54.9 Å². The Morgan fingerprint density at radius 3 is 2.70 bits per heavy atom. The molecule has 0 atom stereocenters. The number of para-hydroxylation sites is 1. The molecule has 20 heavy (non-hydrogen) atoms. The van der Waals surface area contributed by atoms with E-state index in [9.17, 15) is 0 Å². The Morgan fingerprint density at radius 1 is 1.00 bits per heavy atom. The van der Waals surface area contributed by atoms with Crippen LogP contribution in [0.3, 0.4) is 0 Å². The molecule has 102 valence electrons. The molecule has 3 aromatic rings. The van der Waals surface area contributed by atoms with Gasteiger partial charge in [-0.1, -0.05) is 18.2 Å². The van der Waals surface area contributed by atoms with E-state index >= 15 is 0 Å². The first-order valence-corrected chi connectivity index (χ1v) is 7.20. The average molecular weight is 304 g/mol. The van der Waals surface area contributed by atoms with E-state index in [1.807, 2.05) is 36.4 Å². The van der Waals surface area contributed by atoms with E-state index in [0.29, 0.717) is 0 Å². The molecule has 0 radical (unpaired) electrons. The smallest absolute Gasteiger partial charge is 0.141 e. The van der Waals surface area contributed by atoms with Crippen molar-refractivity contribution < 1.29 is 0 Å². The Kier molecular flexibility index (Phi) is 4.82. The molecule has 2 aromatic carbocycles. The largest absolute Gasteiger partial charge is 0.340 e. The molecule has 0 unspecified atom stereocenters. The summed E-state index contributed by atoms with van der Waals surface area (Å²) in [6.45, 7) is 0. The minimum Gasteiger partial charge on any atom is -0.340 e. The topological polar surface area (TPSA) is 37.8 Å². The zero-order chi connectivity index (χ0) is 13.1. The van der Waals surface area contributed by atoms with Gasteiger partial charge in [0.2, 0.25) is 0 Å². The Bertz CT molecular complexity index is 713. The molecule has 0 aliphatic carbocycles. The summed E-state index contributed by atoms with van der Waals surface area (Å²) in [6.07, 6.45) is 3.66. The summed E-state index contributed by atoms with van der Waals surface area (Å²) in [4.78, 5) is 9.82. The minimum absolute atomic E-state index is 0. The normalized spacial score (nSPS) is 10.1. The summed E-state index contributed by atoms with van der Waals surface area (Å²) in [5, 5.41) is 4.38. The van der Waals surface area contributed by atoms with Crippen LogP contribution in [-0.4, -0.2) is 16.2 Å². The fourth-order valence-electron chi connectivity index (χ4n) is 1.94. The molecule has 5 heteroatoms. The molecule has 3 rings (SSSR count). The van der Waals surface area contributed by atoms with Crippen LogP contribution in [0.15, 0.2) is 59.8 Å². The van der Waals surface area contributed by atoms with Crippen molar-refractivity contribution in [1.29, 1.82) is 0 Å². The van der Waals surface area contributed by atoms with Crippen LogP contribution in [0.2, 0.25) is 0 Å². The SMILES string of the molecule is CSc1cccc(Nc2ncnc3ccccc23)c1.Cl. The monoisotopic (exact) mass is 303 g/mol. The van der Waals surface area contributed by atoms with Gasteiger partial charge in [0, 0.05) is 16.0 Å². The molecule has 1 aromatic heterocycles. The molecular weight excluding hydrogens is 290 g/mol. The number of hydrogen-bond acceptors (Lipinski definition) is 4. The van der Waals surface area contributed by atoms with E-state index in [0.717, 1.165) is 22.4 Å². The number of thioether (sulfide) groups is 1. The highest BCUT2D eigenvalue weighted by Crippen LogP contribution is 2.25. The lowest BCUT2D eigenvalue weighted by atomic mass is 10.2. The first-order valence-electron chi connectivity index (χ1n) is 5.97. The van der Waals surface area contributed by atoms with Crippen molar-refractivity contribution in [3.8, 4) is 0 Å². The van der Waals surface area contributed by atoms with E-state index in [-0.39, 0.29) is 12.4 Å². The van der Waals surface area contributed by atoms with Gasteiger partial charge in [0.15, 0.2) is 0 Å². The van der Waals surface area contributed by atoms with Crippen LogP contribution in [0.25, 0.3) is 10.9 Å². The number of halogens is 1. The van der Waals surface area contributed by atoms with Gasteiger partial charge in [-0.15, -0.1) is 24.2 Å². The number of nitrogens with one attached hydrogen (secondary N) is 1. The maximum atomic E-state index is 4.33. The molecule has 0 saturated heterocycles. The van der Waals surface area contributed by atoms with Crippen LogP contribution in [0.1, 0.15) is 0 Å². The Hall–Kier alpha value is -1.78. The fraction of sp³-hybridized carbons (Fsp3) is 0.0667. The molecule has 0 aliphatic heterocycles. The lowest BCUT2D eigenvalue weighted by Crippen LogP contribution is -1.95. The average Bonchev–Trinajstić information content (AvgIpc) is 2.48. The van der Waals surface area contributed by atoms with Gasteiger partial charge in [-0.25, -0.2) is 9.97 Å². The second-order valence-electron chi connectivity index (χ2n) is 4.10. The summed E-state index contributed by atoms with van der Waals surface area (Å²) in [5.74, 6) is 0.837. The zero-order valence-corrected chi connectivity index (χ0v) is 12.5. The molecule has 1 N–H and O–H groups in total. The number of fused-ring (bicyclic) bond motifs is 1. The zero-order valence-electron chi connectivity index (χ0n) is 10.9. The number of anilines is 2. The first-order chi connectivity index (χ1) is 9.36. The van der Waals surface area contributed by atoms with Gasteiger partial charge in [-0.2, -0.15) is 0 Å². The van der Waals surface area contributed by atoms with Gasteiger partial charge < -0.3 is 5.32 Å². The van der Waals surface area contributed by atoms with Crippen molar-refractivity contribution in [2.24, 2.45) is 0 Å². The Morgan fingerprint density at radius 2 is 1.85 bits per heavy atom. The van der Waals surface area contributed by atoms with Crippen LogP contribution in [0.4, 0.5) is 11.5 Å². The highest BCUT2D eigenvalue weighted by Gasteiger charge is 2.03. The lowest BCUT2D eigenvalue weighted by molar-refractivity contribution is 1.22. The standard InChI is InChI=1S/C15H13N3S.ClH/c1-19-12-6-4-5-11(9-12)18-15-13-7-2-3-8-14(13)16-10-17-15;/h2-10H,1H3,(H,16,17,18);1H. The third-order valence-corrected chi connectivity index (χ3v) is 3.60. The molecule has 0 fully saturated rings. The first kappa shape index (κ1) is 14.6. The van der Waals surface area contributed by atoms with Gasteiger partial charge in [0.1, 0.15) is 12.1 Å². The van der Waals surface area contributed by atoms with E-state index < -0.39 is 0 Å². The van der Waals surface area contributed by atoms with Crippen molar-refractivity contribution >= 4 is 46.6 Å². The summed E-state index contributed by atoms with van der Waals surface area (Å²) in [6, 6.07) is 16.3. The van der Waals surface area contributed by atoms with Gasteiger partial charge >= 0.3 is 0 Å².